The highest BCUT2D eigenvalue weighted by molar-refractivity contribution is 7.99. The van der Waals surface area contributed by atoms with E-state index in [2.05, 4.69) is 25.8 Å². The third kappa shape index (κ3) is 4.07. The topological polar surface area (TPSA) is 72.2 Å². The summed E-state index contributed by atoms with van der Waals surface area (Å²) >= 11 is 2.49. The Hall–Kier alpha value is -1.34. The second-order valence-electron chi connectivity index (χ2n) is 5.98. The Bertz CT molecular complexity index is 713. The van der Waals surface area contributed by atoms with Crippen LogP contribution in [0.15, 0.2) is 21.4 Å². The quantitative estimate of drug-likeness (QED) is 0.675. The average molecular weight is 326 g/mol. The van der Waals surface area contributed by atoms with Crippen molar-refractivity contribution in [2.24, 2.45) is 5.41 Å². The first kappa shape index (κ1) is 16.0. The Balaban J connectivity index is 2.42. The number of thiophene rings is 1. The maximum atomic E-state index is 12.5. The number of hydrogen-bond donors (Lipinski definition) is 1. The molecule has 0 fully saturated rings. The molecule has 0 saturated carbocycles. The molecule has 0 aliphatic heterocycles. The van der Waals surface area contributed by atoms with Gasteiger partial charge in [-0.3, -0.25) is 14.2 Å². The van der Waals surface area contributed by atoms with Crippen LogP contribution in [-0.2, 0) is 11.3 Å². The van der Waals surface area contributed by atoms with Crippen LogP contribution in [0.4, 0.5) is 0 Å². The molecule has 114 valence electrons. The monoisotopic (exact) mass is 326 g/mol. The van der Waals surface area contributed by atoms with E-state index in [0.717, 1.165) is 18.2 Å². The van der Waals surface area contributed by atoms with Crippen LogP contribution in [0.25, 0.3) is 10.2 Å². The Labute approximate surface area is 131 Å². The van der Waals surface area contributed by atoms with Crippen molar-refractivity contribution < 1.29 is 9.90 Å². The van der Waals surface area contributed by atoms with Gasteiger partial charge in [-0.15, -0.1) is 11.3 Å². The van der Waals surface area contributed by atoms with E-state index < -0.39 is 5.97 Å². The molecule has 0 aliphatic rings. The van der Waals surface area contributed by atoms with Crippen molar-refractivity contribution in [3.05, 3.63) is 21.8 Å². The van der Waals surface area contributed by atoms with Gasteiger partial charge in [0.15, 0.2) is 5.16 Å². The first-order chi connectivity index (χ1) is 9.78. The van der Waals surface area contributed by atoms with Gasteiger partial charge in [0.2, 0.25) is 0 Å². The molecule has 2 heterocycles. The van der Waals surface area contributed by atoms with Gasteiger partial charge in [0.25, 0.3) is 5.56 Å². The molecule has 0 saturated heterocycles. The van der Waals surface area contributed by atoms with Crippen molar-refractivity contribution in [2.75, 3.05) is 5.75 Å². The first-order valence-electron chi connectivity index (χ1n) is 6.60. The molecule has 2 rings (SSSR count). The highest BCUT2D eigenvalue weighted by atomic mass is 32.2. The molecule has 0 unspecified atom stereocenters. The van der Waals surface area contributed by atoms with Crippen LogP contribution >= 0.6 is 23.1 Å². The molecule has 0 bridgehead atoms. The third-order valence-corrected chi connectivity index (χ3v) is 4.73. The zero-order chi connectivity index (χ0) is 15.6. The smallest absolute Gasteiger partial charge is 0.313 e. The van der Waals surface area contributed by atoms with Crippen molar-refractivity contribution in [1.29, 1.82) is 0 Å². The van der Waals surface area contributed by atoms with Crippen molar-refractivity contribution >= 4 is 39.3 Å². The van der Waals surface area contributed by atoms with Gasteiger partial charge in [-0.05, 0) is 23.3 Å². The largest absolute Gasteiger partial charge is 0.481 e. The first-order valence-corrected chi connectivity index (χ1v) is 8.47. The summed E-state index contributed by atoms with van der Waals surface area (Å²) in [5, 5.41) is 11.8. The minimum Gasteiger partial charge on any atom is -0.481 e. The van der Waals surface area contributed by atoms with E-state index in [-0.39, 0.29) is 16.7 Å². The van der Waals surface area contributed by atoms with E-state index in [1.54, 1.807) is 10.6 Å². The van der Waals surface area contributed by atoms with Crippen molar-refractivity contribution in [3.63, 3.8) is 0 Å². The molecule has 0 aliphatic carbocycles. The van der Waals surface area contributed by atoms with Crippen molar-refractivity contribution in [3.8, 4) is 0 Å². The zero-order valence-electron chi connectivity index (χ0n) is 12.3. The molecule has 0 atom stereocenters. The van der Waals surface area contributed by atoms with Gasteiger partial charge in [-0.1, -0.05) is 32.5 Å². The minimum absolute atomic E-state index is 0.0848. The number of thioether (sulfide) groups is 1. The normalized spacial score (nSPS) is 12.0. The van der Waals surface area contributed by atoms with Gasteiger partial charge in [-0.25, -0.2) is 4.98 Å². The lowest BCUT2D eigenvalue weighted by Gasteiger charge is -2.19. The Morgan fingerprint density at radius 3 is 2.81 bits per heavy atom. The summed E-state index contributed by atoms with van der Waals surface area (Å²) in [5.74, 6) is -1.01. The van der Waals surface area contributed by atoms with Crippen molar-refractivity contribution in [1.82, 2.24) is 9.55 Å². The predicted octanol–water partition coefficient (Wildman–Crippen LogP) is 3.07. The summed E-state index contributed by atoms with van der Waals surface area (Å²) in [7, 11) is 0. The number of fused-ring (bicyclic) bond motifs is 1. The predicted molar refractivity (Wildman–Crippen MR) is 86.3 cm³/mol. The number of carboxylic acids is 1. The van der Waals surface area contributed by atoms with Crippen molar-refractivity contribution in [2.45, 2.75) is 38.9 Å². The second-order valence-corrected chi connectivity index (χ2v) is 7.82. The molecular weight excluding hydrogens is 308 g/mol. The molecule has 21 heavy (non-hydrogen) atoms. The number of aromatic nitrogens is 2. The third-order valence-electron chi connectivity index (χ3n) is 2.96. The number of carbonyl (C=O) groups is 1. The van der Waals surface area contributed by atoms with E-state index >= 15 is 0 Å². The fourth-order valence-corrected chi connectivity index (χ4v) is 3.36. The summed E-state index contributed by atoms with van der Waals surface area (Å²) in [6, 6.07) is 1.77. The van der Waals surface area contributed by atoms with E-state index in [1.165, 1.54) is 11.3 Å². The van der Waals surface area contributed by atoms with E-state index in [0.29, 0.717) is 21.9 Å². The fraction of sp³-hybridized carbons (Fsp3) is 0.500. The lowest BCUT2D eigenvalue weighted by molar-refractivity contribution is -0.133. The molecule has 2 aromatic rings. The van der Waals surface area contributed by atoms with E-state index in [9.17, 15) is 9.59 Å². The summed E-state index contributed by atoms with van der Waals surface area (Å²) < 4.78 is 1.61. The molecule has 0 radical (unpaired) electrons. The Morgan fingerprint density at radius 1 is 1.48 bits per heavy atom. The Kier molecular flexibility index (Phi) is 4.73. The summed E-state index contributed by atoms with van der Waals surface area (Å²) in [5.41, 5.74) is 0.0102. The number of aliphatic carboxylic acids is 1. The average Bonchev–Trinajstić information content (AvgIpc) is 2.82. The number of rotatable bonds is 5. The van der Waals surface area contributed by atoms with E-state index in [1.807, 2.05) is 5.38 Å². The second kappa shape index (κ2) is 6.19. The van der Waals surface area contributed by atoms with Crippen LogP contribution < -0.4 is 5.56 Å². The number of nitrogens with zero attached hydrogens (tertiary/aromatic N) is 2. The van der Waals surface area contributed by atoms with Gasteiger partial charge in [0.1, 0.15) is 4.83 Å². The van der Waals surface area contributed by atoms with Crippen LogP contribution in [-0.4, -0.2) is 26.4 Å². The summed E-state index contributed by atoms with van der Waals surface area (Å²) in [6.07, 6.45) is 0.824. The molecule has 0 aromatic carbocycles. The van der Waals surface area contributed by atoms with Gasteiger partial charge in [-0.2, -0.15) is 0 Å². The fourth-order valence-electron chi connectivity index (χ4n) is 1.81. The maximum absolute atomic E-state index is 12.5. The SMILES string of the molecule is CC(C)(C)CCn1c(SCC(=O)O)nc2sccc2c1=O. The molecule has 0 spiro atoms. The minimum atomic E-state index is -0.914. The summed E-state index contributed by atoms with van der Waals surface area (Å²) in [6.45, 7) is 6.87. The summed E-state index contributed by atoms with van der Waals surface area (Å²) in [4.78, 5) is 28.4. The van der Waals surface area contributed by atoms with Crippen LogP contribution in [0, 0.1) is 5.41 Å². The highest BCUT2D eigenvalue weighted by Crippen LogP contribution is 2.24. The molecular formula is C14H18N2O3S2. The zero-order valence-corrected chi connectivity index (χ0v) is 13.9. The number of carboxylic acid groups (broad SMARTS) is 1. The molecule has 5 nitrogen and oxygen atoms in total. The van der Waals surface area contributed by atoms with Gasteiger partial charge in [0.05, 0.1) is 11.1 Å². The van der Waals surface area contributed by atoms with Gasteiger partial charge < -0.3 is 5.11 Å². The molecule has 2 aromatic heterocycles. The standard InChI is InChI=1S/C14H18N2O3S2/c1-14(2,3)5-6-16-12(19)9-4-7-20-11(9)15-13(16)21-8-10(17)18/h4,7H,5-6,8H2,1-3H3,(H,17,18). The van der Waals surface area contributed by atoms with Gasteiger partial charge >= 0.3 is 5.97 Å². The van der Waals surface area contributed by atoms with Crippen LogP contribution in [0.2, 0.25) is 0 Å². The Morgan fingerprint density at radius 2 is 2.19 bits per heavy atom. The molecule has 1 N–H and O–H groups in total. The van der Waals surface area contributed by atoms with Crippen LogP contribution in [0.1, 0.15) is 27.2 Å². The van der Waals surface area contributed by atoms with E-state index in [4.69, 9.17) is 5.11 Å². The highest BCUT2D eigenvalue weighted by Gasteiger charge is 2.16. The number of hydrogen-bond acceptors (Lipinski definition) is 5. The lowest BCUT2D eigenvalue weighted by atomic mass is 9.92. The molecule has 7 heteroatoms. The van der Waals surface area contributed by atoms with Gasteiger partial charge in [0, 0.05) is 6.54 Å². The van der Waals surface area contributed by atoms with Crippen LogP contribution in [0.5, 0.6) is 0 Å². The molecule has 0 amide bonds. The lowest BCUT2D eigenvalue weighted by Crippen LogP contribution is -2.25. The van der Waals surface area contributed by atoms with Crippen LogP contribution in [0.3, 0.4) is 0 Å². The maximum Gasteiger partial charge on any atom is 0.313 e.